The molecule has 1 amide bonds. The number of nitrogens with one attached hydrogen (secondary N) is 1. The van der Waals surface area contributed by atoms with Crippen LogP contribution in [0.1, 0.15) is 30.0 Å². The maximum absolute atomic E-state index is 11.9. The van der Waals surface area contributed by atoms with Gasteiger partial charge < -0.3 is 14.8 Å². The number of carbonyl (C=O) groups excluding carboxylic acids is 1. The predicted octanol–water partition coefficient (Wildman–Crippen LogP) is 2.50. The Morgan fingerprint density at radius 1 is 1.40 bits per heavy atom. The smallest absolute Gasteiger partial charge is 0.222 e. The molecular formula is C15H20ClNO3. The van der Waals surface area contributed by atoms with Crippen LogP contribution < -0.4 is 5.32 Å². The van der Waals surface area contributed by atoms with E-state index in [1.807, 2.05) is 18.2 Å². The van der Waals surface area contributed by atoms with Crippen LogP contribution in [0.5, 0.6) is 0 Å². The summed E-state index contributed by atoms with van der Waals surface area (Å²) >= 11 is 6.16. The highest BCUT2D eigenvalue weighted by Crippen LogP contribution is 2.35. The molecule has 1 aliphatic rings. The first-order valence-corrected chi connectivity index (χ1v) is 7.23. The van der Waals surface area contributed by atoms with E-state index in [1.54, 1.807) is 7.11 Å². The Hall–Kier alpha value is -1.10. The van der Waals surface area contributed by atoms with Gasteiger partial charge >= 0.3 is 0 Å². The highest BCUT2D eigenvalue weighted by Gasteiger charge is 2.25. The Morgan fingerprint density at radius 3 is 3.05 bits per heavy atom. The van der Waals surface area contributed by atoms with E-state index >= 15 is 0 Å². The van der Waals surface area contributed by atoms with Crippen LogP contribution in [0.4, 0.5) is 0 Å². The maximum Gasteiger partial charge on any atom is 0.222 e. The Kier molecular flexibility index (Phi) is 5.83. The molecule has 20 heavy (non-hydrogen) atoms. The highest BCUT2D eigenvalue weighted by molar-refractivity contribution is 6.31. The summed E-state index contributed by atoms with van der Waals surface area (Å²) in [5.74, 6) is 0.0141. The first-order chi connectivity index (χ1) is 9.72. The van der Waals surface area contributed by atoms with Crippen LogP contribution in [-0.4, -0.2) is 32.8 Å². The third-order valence-corrected chi connectivity index (χ3v) is 3.81. The van der Waals surface area contributed by atoms with E-state index in [-0.39, 0.29) is 11.9 Å². The van der Waals surface area contributed by atoms with E-state index in [2.05, 4.69) is 5.32 Å². The zero-order valence-corrected chi connectivity index (χ0v) is 12.4. The van der Waals surface area contributed by atoms with E-state index in [0.717, 1.165) is 29.0 Å². The molecule has 1 atom stereocenters. The minimum atomic E-state index is 0.0141. The Balaban J connectivity index is 1.78. The van der Waals surface area contributed by atoms with Gasteiger partial charge in [0.15, 0.2) is 0 Å². The predicted molar refractivity (Wildman–Crippen MR) is 78.0 cm³/mol. The normalized spacial score (nSPS) is 17.0. The zero-order valence-electron chi connectivity index (χ0n) is 11.7. The molecule has 0 aliphatic heterocycles. The molecule has 0 saturated heterocycles. The number of hydrogen-bond acceptors (Lipinski definition) is 3. The van der Waals surface area contributed by atoms with E-state index < -0.39 is 0 Å². The van der Waals surface area contributed by atoms with E-state index in [9.17, 15) is 4.79 Å². The molecule has 1 aromatic carbocycles. The molecule has 110 valence electrons. The highest BCUT2D eigenvalue weighted by atomic mass is 35.5. The summed E-state index contributed by atoms with van der Waals surface area (Å²) in [6.07, 6.45) is 2.20. The summed E-state index contributed by atoms with van der Waals surface area (Å²) in [5, 5.41) is 3.84. The van der Waals surface area contributed by atoms with Crippen molar-refractivity contribution in [2.75, 3.05) is 26.9 Å². The lowest BCUT2D eigenvalue weighted by atomic mass is 10.1. The van der Waals surface area contributed by atoms with Crippen LogP contribution in [0.2, 0.25) is 5.02 Å². The molecule has 0 saturated carbocycles. The van der Waals surface area contributed by atoms with E-state index in [0.29, 0.717) is 26.2 Å². The maximum atomic E-state index is 11.9. The minimum absolute atomic E-state index is 0.0141. The fraction of sp³-hybridized carbons (Fsp3) is 0.533. The molecule has 1 N–H and O–H groups in total. The fourth-order valence-electron chi connectivity index (χ4n) is 2.44. The van der Waals surface area contributed by atoms with Gasteiger partial charge in [0, 0.05) is 18.6 Å². The molecule has 5 heteroatoms. The molecular weight excluding hydrogens is 278 g/mol. The first kappa shape index (κ1) is 15.3. The van der Waals surface area contributed by atoms with Crippen molar-refractivity contribution < 1.29 is 14.3 Å². The number of ether oxygens (including phenoxy) is 2. The third-order valence-electron chi connectivity index (χ3n) is 3.45. The summed E-state index contributed by atoms with van der Waals surface area (Å²) in [6.45, 7) is 1.49. The summed E-state index contributed by atoms with van der Waals surface area (Å²) in [7, 11) is 1.62. The number of fused-ring (bicyclic) bond motifs is 1. The number of methoxy groups -OCH3 is 1. The van der Waals surface area contributed by atoms with Crippen LogP contribution in [0.15, 0.2) is 18.2 Å². The second-order valence-corrected chi connectivity index (χ2v) is 5.23. The second kappa shape index (κ2) is 7.62. The lowest BCUT2D eigenvalue weighted by molar-refractivity contribution is -0.123. The molecule has 1 aromatic rings. The van der Waals surface area contributed by atoms with E-state index in [4.69, 9.17) is 21.1 Å². The molecule has 0 heterocycles. The molecule has 4 nitrogen and oxygen atoms in total. The number of carbonyl (C=O) groups is 1. The first-order valence-electron chi connectivity index (χ1n) is 6.85. The molecule has 0 spiro atoms. The molecule has 2 rings (SSSR count). The SMILES string of the molecule is COCCOCCC(=O)N[C@@H]1CCc2c(Cl)cccc21. The van der Waals surface area contributed by atoms with Crippen LogP contribution in [0.3, 0.4) is 0 Å². The number of amides is 1. The van der Waals surface area contributed by atoms with Gasteiger partial charge in [0.2, 0.25) is 5.91 Å². The lowest BCUT2D eigenvalue weighted by Crippen LogP contribution is -2.28. The van der Waals surface area contributed by atoms with Gasteiger partial charge in [0.1, 0.15) is 0 Å². The Labute approximate surface area is 124 Å². The molecule has 0 unspecified atom stereocenters. The molecule has 0 radical (unpaired) electrons. The van der Waals surface area contributed by atoms with Crippen LogP contribution >= 0.6 is 11.6 Å². The Morgan fingerprint density at radius 2 is 2.25 bits per heavy atom. The fourth-order valence-corrected chi connectivity index (χ4v) is 2.71. The molecule has 0 aromatic heterocycles. The number of halogens is 1. The summed E-state index contributed by atoms with van der Waals surface area (Å²) in [4.78, 5) is 11.9. The van der Waals surface area contributed by atoms with Crippen LogP contribution in [-0.2, 0) is 20.7 Å². The van der Waals surface area contributed by atoms with E-state index in [1.165, 1.54) is 0 Å². The average Bonchev–Trinajstić information content (AvgIpc) is 2.83. The third kappa shape index (κ3) is 3.95. The van der Waals surface area contributed by atoms with Crippen molar-refractivity contribution in [2.24, 2.45) is 0 Å². The van der Waals surface area contributed by atoms with Gasteiger partial charge in [-0.25, -0.2) is 0 Å². The van der Waals surface area contributed by atoms with Gasteiger partial charge in [-0.3, -0.25) is 4.79 Å². The van der Waals surface area contributed by atoms with Crippen molar-refractivity contribution in [3.05, 3.63) is 34.3 Å². The van der Waals surface area contributed by atoms with Crippen LogP contribution in [0, 0.1) is 0 Å². The number of hydrogen-bond donors (Lipinski definition) is 1. The molecule has 0 bridgehead atoms. The van der Waals surface area contributed by atoms with Gasteiger partial charge in [0.25, 0.3) is 0 Å². The average molecular weight is 298 g/mol. The molecule has 1 aliphatic carbocycles. The van der Waals surface area contributed by atoms with Gasteiger partial charge in [-0.15, -0.1) is 0 Å². The topological polar surface area (TPSA) is 47.6 Å². The quantitative estimate of drug-likeness (QED) is 0.787. The monoisotopic (exact) mass is 297 g/mol. The van der Waals surface area contributed by atoms with Crippen molar-refractivity contribution in [3.8, 4) is 0 Å². The minimum Gasteiger partial charge on any atom is -0.382 e. The van der Waals surface area contributed by atoms with Crippen molar-refractivity contribution in [1.29, 1.82) is 0 Å². The zero-order chi connectivity index (χ0) is 14.4. The van der Waals surface area contributed by atoms with Crippen molar-refractivity contribution in [1.82, 2.24) is 5.32 Å². The standard InChI is InChI=1S/C15H20ClNO3/c1-19-9-10-20-8-7-15(18)17-14-6-5-11-12(14)3-2-4-13(11)16/h2-4,14H,5-10H2,1H3,(H,17,18)/t14-/m1/s1. The molecule has 0 fully saturated rings. The van der Waals surface area contributed by atoms with Gasteiger partial charge in [-0.05, 0) is 30.0 Å². The largest absolute Gasteiger partial charge is 0.382 e. The van der Waals surface area contributed by atoms with Crippen molar-refractivity contribution in [2.45, 2.75) is 25.3 Å². The van der Waals surface area contributed by atoms with Crippen molar-refractivity contribution >= 4 is 17.5 Å². The Bertz CT molecular complexity index is 464. The number of benzene rings is 1. The van der Waals surface area contributed by atoms with Crippen LogP contribution in [0.25, 0.3) is 0 Å². The second-order valence-electron chi connectivity index (χ2n) is 4.82. The summed E-state index contributed by atoms with van der Waals surface area (Å²) in [6, 6.07) is 5.94. The summed E-state index contributed by atoms with van der Waals surface area (Å²) < 4.78 is 10.2. The van der Waals surface area contributed by atoms with Gasteiger partial charge in [-0.1, -0.05) is 23.7 Å². The van der Waals surface area contributed by atoms with Gasteiger partial charge in [-0.2, -0.15) is 0 Å². The lowest BCUT2D eigenvalue weighted by Gasteiger charge is -2.14. The van der Waals surface area contributed by atoms with Crippen molar-refractivity contribution in [3.63, 3.8) is 0 Å². The number of rotatable bonds is 7. The van der Waals surface area contributed by atoms with Gasteiger partial charge in [0.05, 0.1) is 25.9 Å². The summed E-state index contributed by atoms with van der Waals surface area (Å²) in [5.41, 5.74) is 2.31.